The molecule has 1 aromatic carbocycles. The summed E-state index contributed by atoms with van der Waals surface area (Å²) >= 11 is 0. The largest absolute Gasteiger partial charge is 0.480 e. The summed E-state index contributed by atoms with van der Waals surface area (Å²) in [4.78, 5) is 72.4. The van der Waals surface area contributed by atoms with E-state index in [1.807, 2.05) is 24.3 Å². The number of hydrogen-bond acceptors (Lipinski definition) is 7. The van der Waals surface area contributed by atoms with Crippen LogP contribution in [0.5, 0.6) is 0 Å². The number of aliphatic carboxylic acids is 1. The van der Waals surface area contributed by atoms with Gasteiger partial charge < -0.3 is 42.5 Å². The predicted octanol–water partition coefficient (Wildman–Crippen LogP) is -0.926. The summed E-state index contributed by atoms with van der Waals surface area (Å²) in [6.45, 7) is 3.30. The topological polar surface area (TPSA) is 238 Å². The third kappa shape index (κ3) is 7.89. The van der Waals surface area contributed by atoms with Crippen molar-refractivity contribution >= 4 is 40.5 Å². The van der Waals surface area contributed by atoms with Gasteiger partial charge in [0.1, 0.15) is 18.1 Å². The third-order valence-corrected chi connectivity index (χ3v) is 6.33. The molecule has 3 aromatic rings. The molecule has 0 saturated carbocycles. The molecule has 2 heterocycles. The normalized spacial score (nSPS) is 14.2. The van der Waals surface area contributed by atoms with Crippen LogP contribution in [0.25, 0.3) is 10.9 Å². The lowest BCUT2D eigenvalue weighted by Gasteiger charge is -2.26. The van der Waals surface area contributed by atoms with E-state index in [1.165, 1.54) is 12.5 Å². The van der Waals surface area contributed by atoms with Crippen LogP contribution in [0.15, 0.2) is 43.0 Å². The number of carboxylic acids is 1. The number of para-hydroxylation sites is 1. The average Bonchev–Trinajstić information content (AvgIpc) is 3.55. The molecule has 0 bridgehead atoms. The van der Waals surface area contributed by atoms with Crippen molar-refractivity contribution in [1.82, 2.24) is 30.9 Å². The molecule has 3 rings (SSSR count). The van der Waals surface area contributed by atoms with Crippen LogP contribution in [0.3, 0.4) is 0 Å². The fourth-order valence-corrected chi connectivity index (χ4v) is 4.18. The van der Waals surface area contributed by atoms with Crippen molar-refractivity contribution in [2.75, 3.05) is 0 Å². The fourth-order valence-electron chi connectivity index (χ4n) is 4.18. The van der Waals surface area contributed by atoms with Gasteiger partial charge in [0.2, 0.25) is 23.6 Å². The zero-order chi connectivity index (χ0) is 29.4. The van der Waals surface area contributed by atoms with Crippen LogP contribution in [-0.4, -0.2) is 73.8 Å². The molecule has 0 saturated heterocycles. The number of carbonyl (C=O) groups excluding carboxylic acids is 4. The Balaban J connectivity index is 1.88. The van der Waals surface area contributed by atoms with Crippen molar-refractivity contribution in [3.05, 3.63) is 54.2 Å². The lowest BCUT2D eigenvalue weighted by molar-refractivity contribution is -0.143. The van der Waals surface area contributed by atoms with Gasteiger partial charge in [0.25, 0.3) is 0 Å². The summed E-state index contributed by atoms with van der Waals surface area (Å²) in [5.41, 5.74) is 12.9. The molecule has 214 valence electrons. The molecule has 4 atom stereocenters. The molecule has 0 aliphatic carbocycles. The van der Waals surface area contributed by atoms with Crippen LogP contribution >= 0.6 is 0 Å². The van der Waals surface area contributed by atoms with Crippen molar-refractivity contribution in [2.45, 2.75) is 57.3 Å². The Bertz CT molecular complexity index is 1350. The number of primary amides is 1. The van der Waals surface area contributed by atoms with E-state index in [9.17, 15) is 29.1 Å². The van der Waals surface area contributed by atoms with Crippen LogP contribution in [-0.2, 0) is 36.8 Å². The van der Waals surface area contributed by atoms with Gasteiger partial charge in [-0.2, -0.15) is 0 Å². The van der Waals surface area contributed by atoms with Crippen molar-refractivity contribution in [3.63, 3.8) is 0 Å². The zero-order valence-electron chi connectivity index (χ0n) is 22.1. The molecule has 0 radical (unpaired) electrons. The number of fused-ring (bicyclic) bond motifs is 1. The zero-order valence-corrected chi connectivity index (χ0v) is 22.1. The molecule has 14 heteroatoms. The second kappa shape index (κ2) is 13.4. The second-order valence-electron chi connectivity index (χ2n) is 9.81. The Morgan fingerprint density at radius 2 is 1.60 bits per heavy atom. The lowest BCUT2D eigenvalue weighted by atomic mass is 10.0. The minimum absolute atomic E-state index is 0.0257. The molecule has 4 amide bonds. The number of amides is 4. The van der Waals surface area contributed by atoms with Gasteiger partial charge in [0, 0.05) is 41.8 Å². The number of rotatable bonds is 14. The van der Waals surface area contributed by atoms with E-state index in [2.05, 4.69) is 30.9 Å². The Morgan fingerprint density at radius 1 is 0.950 bits per heavy atom. The Kier molecular flexibility index (Phi) is 9.97. The summed E-state index contributed by atoms with van der Waals surface area (Å²) in [5.74, 6) is -4.66. The number of nitrogens with two attached hydrogens (primary N) is 2. The summed E-state index contributed by atoms with van der Waals surface area (Å²) in [5, 5.41) is 18.1. The number of hydrogen-bond donors (Lipinski definition) is 8. The molecule has 0 fully saturated rings. The van der Waals surface area contributed by atoms with Crippen molar-refractivity contribution in [3.8, 4) is 0 Å². The highest BCUT2D eigenvalue weighted by molar-refractivity contribution is 5.95. The van der Waals surface area contributed by atoms with Crippen molar-refractivity contribution < 1.29 is 29.1 Å². The summed E-state index contributed by atoms with van der Waals surface area (Å²) in [6, 6.07) is 2.49. The highest BCUT2D eigenvalue weighted by atomic mass is 16.4. The van der Waals surface area contributed by atoms with Gasteiger partial charge >= 0.3 is 5.97 Å². The molecular weight excluding hydrogens is 520 g/mol. The number of carboxylic acid groups (broad SMARTS) is 1. The number of carbonyl (C=O) groups is 5. The first kappa shape index (κ1) is 29.8. The van der Waals surface area contributed by atoms with Gasteiger partial charge in [-0.15, -0.1) is 0 Å². The smallest absolute Gasteiger partial charge is 0.326 e. The summed E-state index contributed by atoms with van der Waals surface area (Å²) < 4.78 is 0. The molecule has 40 heavy (non-hydrogen) atoms. The number of imidazole rings is 1. The van der Waals surface area contributed by atoms with Crippen molar-refractivity contribution in [2.24, 2.45) is 17.4 Å². The van der Waals surface area contributed by atoms with E-state index in [1.54, 1.807) is 20.0 Å². The summed E-state index contributed by atoms with van der Waals surface area (Å²) in [6.07, 6.45) is 4.13. The monoisotopic (exact) mass is 554 g/mol. The first-order valence-electron chi connectivity index (χ1n) is 12.7. The van der Waals surface area contributed by atoms with Crippen LogP contribution in [0.2, 0.25) is 0 Å². The maximum absolute atomic E-state index is 13.5. The second-order valence-corrected chi connectivity index (χ2v) is 9.81. The van der Waals surface area contributed by atoms with Gasteiger partial charge in [0.05, 0.1) is 18.8 Å². The summed E-state index contributed by atoms with van der Waals surface area (Å²) in [7, 11) is 0. The number of nitrogens with one attached hydrogen (secondary N) is 5. The molecule has 14 nitrogen and oxygen atoms in total. The maximum Gasteiger partial charge on any atom is 0.326 e. The minimum atomic E-state index is -1.29. The molecule has 4 unspecified atom stereocenters. The minimum Gasteiger partial charge on any atom is -0.480 e. The molecule has 0 aliphatic rings. The van der Waals surface area contributed by atoms with Crippen LogP contribution in [0, 0.1) is 5.92 Å². The Morgan fingerprint density at radius 3 is 2.23 bits per heavy atom. The maximum atomic E-state index is 13.5. The van der Waals surface area contributed by atoms with E-state index in [4.69, 9.17) is 11.5 Å². The van der Waals surface area contributed by atoms with E-state index >= 15 is 0 Å². The quantitative estimate of drug-likeness (QED) is 0.124. The van der Waals surface area contributed by atoms with E-state index < -0.39 is 66.1 Å². The number of benzene rings is 1. The average molecular weight is 555 g/mol. The van der Waals surface area contributed by atoms with E-state index in [-0.39, 0.29) is 12.8 Å². The van der Waals surface area contributed by atoms with Gasteiger partial charge in [-0.3, -0.25) is 19.2 Å². The number of nitrogens with zero attached hydrogens (tertiary/aromatic N) is 1. The van der Waals surface area contributed by atoms with Crippen LogP contribution in [0.4, 0.5) is 0 Å². The van der Waals surface area contributed by atoms with Crippen molar-refractivity contribution in [1.29, 1.82) is 0 Å². The Labute approximate surface area is 229 Å². The molecule has 0 spiro atoms. The molecule has 0 aliphatic heterocycles. The standard InChI is InChI=1S/C26H34N8O6/c1-13(2)22(26(39)40)34-25(38)19(7-14-10-30-18-6-4-3-5-16(14)18)33-24(37)20(8-15-11-29-12-31-15)32-23(36)17(27)9-21(28)35/h3-6,10-13,17,19-20,22,30H,7-9,27H2,1-2H3,(H2,28,35)(H,29,31)(H,32,36)(H,33,37)(H,34,38)(H,39,40). The first-order valence-corrected chi connectivity index (χ1v) is 12.7. The molecule has 10 N–H and O–H groups in total. The number of H-pyrrole nitrogens is 2. The Hall–Kier alpha value is -4.72. The van der Waals surface area contributed by atoms with Gasteiger partial charge in [-0.05, 0) is 17.5 Å². The fraction of sp³-hybridized carbons (Fsp3) is 0.385. The highest BCUT2D eigenvalue weighted by Gasteiger charge is 2.32. The molecular formula is C26H34N8O6. The SMILES string of the molecule is CC(C)C(NC(=O)C(Cc1c[nH]c2ccccc12)NC(=O)C(Cc1cnc[nH]1)NC(=O)C(N)CC(N)=O)C(=O)O. The van der Waals surface area contributed by atoms with Gasteiger partial charge in [-0.25, -0.2) is 9.78 Å². The molecule has 2 aromatic heterocycles. The number of aromatic nitrogens is 3. The first-order chi connectivity index (χ1) is 19.0. The lowest BCUT2D eigenvalue weighted by Crippen LogP contribution is -2.58. The van der Waals surface area contributed by atoms with Crippen LogP contribution < -0.4 is 27.4 Å². The number of aromatic amines is 2. The predicted molar refractivity (Wildman–Crippen MR) is 144 cm³/mol. The van der Waals surface area contributed by atoms with Gasteiger partial charge in [0.15, 0.2) is 0 Å². The van der Waals surface area contributed by atoms with Crippen LogP contribution in [0.1, 0.15) is 31.5 Å². The highest BCUT2D eigenvalue weighted by Crippen LogP contribution is 2.19. The van der Waals surface area contributed by atoms with E-state index in [0.29, 0.717) is 11.3 Å². The van der Waals surface area contributed by atoms with Gasteiger partial charge in [-0.1, -0.05) is 32.0 Å². The third-order valence-electron chi connectivity index (χ3n) is 6.33. The van der Waals surface area contributed by atoms with E-state index in [0.717, 1.165) is 10.9 Å².